The minimum Gasteiger partial charge on any atom is -0.463 e. The molecule has 4 fully saturated rings. The molecule has 0 aromatic heterocycles. The third kappa shape index (κ3) is 5.54. The molecule has 0 aromatic carbocycles. The van der Waals surface area contributed by atoms with Crippen molar-refractivity contribution in [3.63, 3.8) is 0 Å². The number of ether oxygens (including phenoxy) is 5. The van der Waals surface area contributed by atoms with Gasteiger partial charge in [0.2, 0.25) is 0 Å². The van der Waals surface area contributed by atoms with Gasteiger partial charge in [-0.3, -0.25) is 0 Å². The Morgan fingerprint density at radius 2 is 1.69 bits per heavy atom. The van der Waals surface area contributed by atoms with E-state index in [1.807, 2.05) is 0 Å². The van der Waals surface area contributed by atoms with Crippen molar-refractivity contribution in [1.29, 1.82) is 0 Å². The Morgan fingerprint density at radius 3 is 2.38 bits per heavy atom. The zero-order chi connectivity index (χ0) is 22.6. The van der Waals surface area contributed by atoms with E-state index in [0.717, 1.165) is 51.4 Å². The van der Waals surface area contributed by atoms with E-state index in [0.29, 0.717) is 25.9 Å². The first-order chi connectivity index (χ1) is 15.4. The zero-order valence-electron chi connectivity index (χ0n) is 19.1. The number of aliphatic hydroxyl groups is 2. The number of hydrogen-bond donors (Lipinski definition) is 2. The summed E-state index contributed by atoms with van der Waals surface area (Å²) in [5, 5.41) is 21.6. The van der Waals surface area contributed by atoms with Crippen molar-refractivity contribution in [2.24, 2.45) is 0 Å². The Morgan fingerprint density at radius 1 is 1.03 bits per heavy atom. The topological polar surface area (TPSA) is 104 Å². The van der Waals surface area contributed by atoms with Crippen LogP contribution in [-0.4, -0.2) is 71.5 Å². The fourth-order valence-corrected chi connectivity index (χ4v) is 5.45. The number of carbonyl (C=O) groups is 1. The van der Waals surface area contributed by atoms with Gasteiger partial charge in [-0.25, -0.2) is 4.79 Å². The molecule has 0 bridgehead atoms. The molecule has 5 atom stereocenters. The summed E-state index contributed by atoms with van der Waals surface area (Å²) in [5.74, 6) is -2.21. The van der Waals surface area contributed by atoms with Crippen molar-refractivity contribution in [3.05, 3.63) is 12.2 Å². The smallest absolute Gasteiger partial charge is 0.330 e. The molecular formula is C24H38O8. The Balaban J connectivity index is 1.44. The molecule has 0 aromatic rings. The largest absolute Gasteiger partial charge is 0.463 e. The average Bonchev–Trinajstić information content (AvgIpc) is 3.15. The van der Waals surface area contributed by atoms with E-state index in [1.54, 1.807) is 6.92 Å². The molecule has 2 aliphatic carbocycles. The maximum Gasteiger partial charge on any atom is 0.330 e. The number of fused-ring (bicyclic) bond motifs is 1. The van der Waals surface area contributed by atoms with Crippen LogP contribution in [0.25, 0.3) is 0 Å². The lowest BCUT2D eigenvalue weighted by atomic mass is 9.92. The van der Waals surface area contributed by atoms with Gasteiger partial charge in [0.1, 0.15) is 24.4 Å². The zero-order valence-corrected chi connectivity index (χ0v) is 19.1. The first-order valence-electron chi connectivity index (χ1n) is 12.3. The van der Waals surface area contributed by atoms with E-state index in [9.17, 15) is 15.0 Å². The van der Waals surface area contributed by atoms with Crippen LogP contribution >= 0.6 is 0 Å². The molecule has 4 rings (SSSR count). The van der Waals surface area contributed by atoms with Crippen molar-refractivity contribution in [3.8, 4) is 0 Å². The van der Waals surface area contributed by atoms with Crippen LogP contribution in [0.15, 0.2) is 12.2 Å². The van der Waals surface area contributed by atoms with E-state index < -0.39 is 42.0 Å². The average molecular weight is 455 g/mol. The van der Waals surface area contributed by atoms with E-state index >= 15 is 0 Å². The minimum absolute atomic E-state index is 0.282. The second-order valence-corrected chi connectivity index (χ2v) is 9.52. The van der Waals surface area contributed by atoms with E-state index in [-0.39, 0.29) is 12.7 Å². The summed E-state index contributed by atoms with van der Waals surface area (Å²) >= 11 is 0. The number of hydrogen-bond acceptors (Lipinski definition) is 8. The molecule has 2 N–H and O–H groups in total. The van der Waals surface area contributed by atoms with E-state index in [1.165, 1.54) is 12.2 Å². The second kappa shape index (κ2) is 10.5. The number of rotatable bonds is 7. The lowest BCUT2D eigenvalue weighted by molar-refractivity contribution is -0.232. The maximum atomic E-state index is 11.8. The van der Waals surface area contributed by atoms with Crippen LogP contribution in [0.3, 0.4) is 0 Å². The first kappa shape index (κ1) is 24.1. The molecule has 32 heavy (non-hydrogen) atoms. The molecule has 8 nitrogen and oxygen atoms in total. The Bertz CT molecular complexity index is 652. The van der Waals surface area contributed by atoms with Crippen LogP contribution in [-0.2, 0) is 28.5 Å². The molecule has 2 saturated carbocycles. The fourth-order valence-electron chi connectivity index (χ4n) is 5.45. The summed E-state index contributed by atoms with van der Waals surface area (Å²) in [4.78, 5) is 11.8. The van der Waals surface area contributed by atoms with Crippen LogP contribution in [0.5, 0.6) is 0 Å². The Hall–Kier alpha value is -1.03. The highest BCUT2D eigenvalue weighted by molar-refractivity contribution is 5.81. The highest BCUT2D eigenvalue weighted by atomic mass is 16.8. The lowest BCUT2D eigenvalue weighted by Gasteiger charge is -2.40. The summed E-state index contributed by atoms with van der Waals surface area (Å²) in [6.07, 6.45) is 9.51. The van der Waals surface area contributed by atoms with Gasteiger partial charge in [0, 0.05) is 31.8 Å². The normalized spacial score (nSPS) is 36.3. The highest BCUT2D eigenvalue weighted by Crippen LogP contribution is 2.45. The van der Waals surface area contributed by atoms with Gasteiger partial charge in [-0.15, -0.1) is 0 Å². The van der Waals surface area contributed by atoms with Crippen LogP contribution in [0.1, 0.15) is 77.6 Å². The summed E-state index contributed by atoms with van der Waals surface area (Å²) in [6, 6.07) is 0. The van der Waals surface area contributed by atoms with Gasteiger partial charge in [-0.2, -0.15) is 0 Å². The van der Waals surface area contributed by atoms with Gasteiger partial charge in [0.05, 0.1) is 19.3 Å². The Kier molecular flexibility index (Phi) is 7.90. The van der Waals surface area contributed by atoms with Gasteiger partial charge in [0.15, 0.2) is 11.6 Å². The molecule has 8 heteroatoms. The predicted molar refractivity (Wildman–Crippen MR) is 115 cm³/mol. The number of carbonyl (C=O) groups excluding carboxylic acids is 1. The minimum atomic E-state index is -1.06. The van der Waals surface area contributed by atoms with Crippen LogP contribution in [0.2, 0.25) is 0 Å². The van der Waals surface area contributed by atoms with Gasteiger partial charge >= 0.3 is 5.97 Å². The van der Waals surface area contributed by atoms with Gasteiger partial charge in [-0.1, -0.05) is 12.8 Å². The molecular weight excluding hydrogens is 416 g/mol. The SMILES string of the molecule is CCOC(=O)/C=C/[C@@H]1OC(CCOC2(O)CCCCC2)[C@H]2OC3(CCCCC3)O[C@H]2[C@H]1O. The van der Waals surface area contributed by atoms with Gasteiger partial charge < -0.3 is 33.9 Å². The Labute approximate surface area is 190 Å². The van der Waals surface area contributed by atoms with Crippen molar-refractivity contribution >= 4 is 5.97 Å². The van der Waals surface area contributed by atoms with E-state index in [4.69, 9.17) is 23.7 Å². The molecule has 2 aliphatic heterocycles. The first-order valence-corrected chi connectivity index (χ1v) is 12.3. The lowest BCUT2D eigenvalue weighted by Crippen LogP contribution is -2.55. The third-order valence-corrected chi connectivity index (χ3v) is 7.13. The van der Waals surface area contributed by atoms with Gasteiger partial charge in [0.25, 0.3) is 0 Å². The summed E-state index contributed by atoms with van der Waals surface area (Å²) in [7, 11) is 0. The van der Waals surface area contributed by atoms with Crippen molar-refractivity contribution in [2.75, 3.05) is 13.2 Å². The molecule has 182 valence electrons. The molecule has 2 heterocycles. The van der Waals surface area contributed by atoms with Crippen molar-refractivity contribution in [1.82, 2.24) is 0 Å². The van der Waals surface area contributed by atoms with Crippen molar-refractivity contribution < 1.29 is 38.7 Å². The number of esters is 1. The standard InChI is InChI=1S/C24H38O8/c1-2-28-19(25)10-9-17-20(26)22-21(31-24(32-22)14-7-4-8-15-24)18(30-17)11-16-29-23(27)12-5-3-6-13-23/h9-10,17-18,20-22,26-27H,2-8,11-16H2,1H3/b10-9+/t17-,18?,20-,21+,22-/m0/s1. The summed E-state index contributed by atoms with van der Waals surface area (Å²) in [5.41, 5.74) is 0. The van der Waals surface area contributed by atoms with Crippen LogP contribution in [0, 0.1) is 0 Å². The number of aliphatic hydroxyl groups excluding tert-OH is 1. The predicted octanol–water partition coefficient (Wildman–Crippen LogP) is 2.74. The second-order valence-electron chi connectivity index (χ2n) is 9.52. The molecule has 1 spiro atoms. The molecule has 2 saturated heterocycles. The highest BCUT2D eigenvalue weighted by Gasteiger charge is 2.57. The van der Waals surface area contributed by atoms with Crippen molar-refractivity contribution in [2.45, 2.75) is 120 Å². The quantitative estimate of drug-likeness (QED) is 0.344. The molecule has 4 aliphatic rings. The molecule has 0 radical (unpaired) electrons. The summed E-state index contributed by atoms with van der Waals surface area (Å²) in [6.45, 7) is 2.35. The summed E-state index contributed by atoms with van der Waals surface area (Å²) < 4.78 is 29.8. The molecule has 1 unspecified atom stereocenters. The third-order valence-electron chi connectivity index (χ3n) is 7.13. The molecule has 0 amide bonds. The monoisotopic (exact) mass is 454 g/mol. The van der Waals surface area contributed by atoms with Gasteiger partial charge in [-0.05, 0) is 45.1 Å². The maximum absolute atomic E-state index is 11.8. The fraction of sp³-hybridized carbons (Fsp3) is 0.875. The van der Waals surface area contributed by atoms with E-state index in [2.05, 4.69) is 0 Å². The van der Waals surface area contributed by atoms with Crippen LogP contribution in [0.4, 0.5) is 0 Å². The van der Waals surface area contributed by atoms with Crippen LogP contribution < -0.4 is 0 Å².